The molecule has 0 heterocycles. The van der Waals surface area contributed by atoms with Crippen molar-refractivity contribution in [2.45, 2.75) is 38.5 Å². The van der Waals surface area contributed by atoms with Crippen LogP contribution in [0.3, 0.4) is 0 Å². The SMILES string of the molecule is C=CCC1(CN)CCCCC1. The molecule has 1 heteroatoms. The van der Waals surface area contributed by atoms with Crippen LogP contribution in [0, 0.1) is 5.41 Å². The maximum Gasteiger partial charge on any atom is -0.00176 e. The molecule has 1 fully saturated rings. The summed E-state index contributed by atoms with van der Waals surface area (Å²) in [5.41, 5.74) is 6.21. The molecule has 1 rings (SSSR count). The second-order valence-electron chi connectivity index (χ2n) is 3.76. The van der Waals surface area contributed by atoms with Gasteiger partial charge in [0.2, 0.25) is 0 Å². The topological polar surface area (TPSA) is 26.0 Å². The predicted molar refractivity (Wildman–Crippen MR) is 49.4 cm³/mol. The van der Waals surface area contributed by atoms with Crippen LogP contribution in [-0.4, -0.2) is 6.54 Å². The normalized spacial score (nSPS) is 23.0. The molecule has 0 amide bonds. The predicted octanol–water partition coefficient (Wildman–Crippen LogP) is 2.47. The second-order valence-corrected chi connectivity index (χ2v) is 3.76. The van der Waals surface area contributed by atoms with Crippen molar-refractivity contribution in [1.29, 1.82) is 0 Å². The molecule has 2 N–H and O–H groups in total. The Hall–Kier alpha value is -0.300. The van der Waals surface area contributed by atoms with Gasteiger partial charge < -0.3 is 5.73 Å². The highest BCUT2D eigenvalue weighted by atomic mass is 14.6. The lowest BCUT2D eigenvalue weighted by atomic mass is 9.72. The van der Waals surface area contributed by atoms with Crippen LogP contribution in [0.25, 0.3) is 0 Å². The molecule has 0 spiro atoms. The zero-order chi connectivity index (χ0) is 8.16. The van der Waals surface area contributed by atoms with Gasteiger partial charge in [-0.3, -0.25) is 0 Å². The minimum absolute atomic E-state index is 0.431. The molecule has 64 valence electrons. The van der Waals surface area contributed by atoms with E-state index < -0.39 is 0 Å². The van der Waals surface area contributed by atoms with Crippen molar-refractivity contribution >= 4 is 0 Å². The fraction of sp³-hybridized carbons (Fsp3) is 0.800. The molecule has 1 aliphatic rings. The Labute approximate surface area is 69.7 Å². The standard InChI is InChI=1S/C10H19N/c1-2-6-10(9-11)7-4-3-5-8-10/h2H,1,3-9,11H2. The molecule has 0 aromatic rings. The molecule has 0 aliphatic heterocycles. The molecule has 0 bridgehead atoms. The monoisotopic (exact) mass is 153 g/mol. The summed E-state index contributed by atoms with van der Waals surface area (Å²) in [6.07, 6.45) is 9.90. The minimum atomic E-state index is 0.431. The van der Waals surface area contributed by atoms with Crippen LogP contribution >= 0.6 is 0 Å². The molecule has 0 radical (unpaired) electrons. The van der Waals surface area contributed by atoms with Crippen LogP contribution in [0.1, 0.15) is 38.5 Å². The van der Waals surface area contributed by atoms with E-state index in [0.29, 0.717) is 5.41 Å². The number of hydrogen-bond donors (Lipinski definition) is 1. The molecule has 0 atom stereocenters. The molecule has 1 saturated carbocycles. The third-order valence-corrected chi connectivity index (χ3v) is 2.92. The number of nitrogens with two attached hydrogens (primary N) is 1. The van der Waals surface area contributed by atoms with Crippen LogP contribution < -0.4 is 5.73 Å². The molecule has 0 aromatic heterocycles. The quantitative estimate of drug-likeness (QED) is 0.619. The fourth-order valence-corrected chi connectivity index (χ4v) is 2.10. The van der Waals surface area contributed by atoms with E-state index in [2.05, 4.69) is 6.58 Å². The van der Waals surface area contributed by atoms with E-state index in [1.165, 1.54) is 32.1 Å². The minimum Gasteiger partial charge on any atom is -0.330 e. The van der Waals surface area contributed by atoms with Gasteiger partial charge in [-0.05, 0) is 31.2 Å². The first-order valence-electron chi connectivity index (χ1n) is 4.64. The van der Waals surface area contributed by atoms with E-state index in [9.17, 15) is 0 Å². The van der Waals surface area contributed by atoms with E-state index >= 15 is 0 Å². The zero-order valence-corrected chi connectivity index (χ0v) is 7.31. The van der Waals surface area contributed by atoms with Crippen molar-refractivity contribution in [3.05, 3.63) is 12.7 Å². The summed E-state index contributed by atoms with van der Waals surface area (Å²) in [5.74, 6) is 0. The molecule has 0 saturated heterocycles. The van der Waals surface area contributed by atoms with E-state index in [1.54, 1.807) is 0 Å². The molecular weight excluding hydrogens is 134 g/mol. The Morgan fingerprint density at radius 2 is 1.91 bits per heavy atom. The van der Waals surface area contributed by atoms with Gasteiger partial charge in [-0.2, -0.15) is 0 Å². The van der Waals surface area contributed by atoms with E-state index in [0.717, 1.165) is 13.0 Å². The van der Waals surface area contributed by atoms with Crippen LogP contribution in [0.5, 0.6) is 0 Å². The maximum absolute atomic E-state index is 5.78. The van der Waals surface area contributed by atoms with Crippen LogP contribution in [0.4, 0.5) is 0 Å². The lowest BCUT2D eigenvalue weighted by Gasteiger charge is -2.35. The maximum atomic E-state index is 5.78. The van der Waals surface area contributed by atoms with Gasteiger partial charge in [0.1, 0.15) is 0 Å². The highest BCUT2D eigenvalue weighted by Crippen LogP contribution is 2.38. The summed E-state index contributed by atoms with van der Waals surface area (Å²) in [5, 5.41) is 0. The van der Waals surface area contributed by atoms with Crippen molar-refractivity contribution in [2.75, 3.05) is 6.54 Å². The summed E-state index contributed by atoms with van der Waals surface area (Å²) in [4.78, 5) is 0. The van der Waals surface area contributed by atoms with Gasteiger partial charge in [0, 0.05) is 0 Å². The zero-order valence-electron chi connectivity index (χ0n) is 7.31. The van der Waals surface area contributed by atoms with Crippen LogP contribution in [0.15, 0.2) is 12.7 Å². The molecule has 0 unspecified atom stereocenters. The summed E-state index contributed by atoms with van der Waals surface area (Å²) >= 11 is 0. The van der Waals surface area contributed by atoms with Crippen molar-refractivity contribution in [1.82, 2.24) is 0 Å². The Balaban J connectivity index is 2.49. The smallest absolute Gasteiger partial charge is 0.00176 e. The Morgan fingerprint density at radius 1 is 1.27 bits per heavy atom. The number of rotatable bonds is 3. The number of hydrogen-bond acceptors (Lipinski definition) is 1. The van der Waals surface area contributed by atoms with E-state index in [4.69, 9.17) is 5.73 Å². The van der Waals surface area contributed by atoms with Gasteiger partial charge in [0.25, 0.3) is 0 Å². The van der Waals surface area contributed by atoms with Crippen molar-refractivity contribution in [3.63, 3.8) is 0 Å². The van der Waals surface area contributed by atoms with Crippen LogP contribution in [0.2, 0.25) is 0 Å². The molecule has 11 heavy (non-hydrogen) atoms. The summed E-state index contributed by atoms with van der Waals surface area (Å²) < 4.78 is 0. The average molecular weight is 153 g/mol. The van der Waals surface area contributed by atoms with Gasteiger partial charge in [-0.15, -0.1) is 6.58 Å². The second kappa shape index (κ2) is 3.91. The van der Waals surface area contributed by atoms with Crippen molar-refractivity contribution in [2.24, 2.45) is 11.1 Å². The van der Waals surface area contributed by atoms with E-state index in [-0.39, 0.29) is 0 Å². The van der Waals surface area contributed by atoms with Gasteiger partial charge in [-0.1, -0.05) is 25.3 Å². The summed E-state index contributed by atoms with van der Waals surface area (Å²) in [6, 6.07) is 0. The van der Waals surface area contributed by atoms with Gasteiger partial charge in [-0.25, -0.2) is 0 Å². The molecule has 1 aliphatic carbocycles. The van der Waals surface area contributed by atoms with Gasteiger partial charge >= 0.3 is 0 Å². The Bertz CT molecular complexity index is 123. The largest absolute Gasteiger partial charge is 0.330 e. The summed E-state index contributed by atoms with van der Waals surface area (Å²) in [6.45, 7) is 4.64. The highest BCUT2D eigenvalue weighted by molar-refractivity contribution is 4.89. The lowest BCUT2D eigenvalue weighted by Crippen LogP contribution is -2.32. The third-order valence-electron chi connectivity index (χ3n) is 2.92. The highest BCUT2D eigenvalue weighted by Gasteiger charge is 2.28. The van der Waals surface area contributed by atoms with Crippen molar-refractivity contribution < 1.29 is 0 Å². The van der Waals surface area contributed by atoms with Crippen LogP contribution in [-0.2, 0) is 0 Å². The van der Waals surface area contributed by atoms with E-state index in [1.807, 2.05) is 6.08 Å². The Morgan fingerprint density at radius 3 is 2.36 bits per heavy atom. The lowest BCUT2D eigenvalue weighted by molar-refractivity contribution is 0.202. The molecular formula is C10H19N. The van der Waals surface area contributed by atoms with Gasteiger partial charge in [0.05, 0.1) is 0 Å². The first-order valence-corrected chi connectivity index (χ1v) is 4.64. The average Bonchev–Trinajstić information content (AvgIpc) is 2.07. The molecule has 1 nitrogen and oxygen atoms in total. The Kier molecular flexibility index (Phi) is 3.13. The van der Waals surface area contributed by atoms with Gasteiger partial charge in [0.15, 0.2) is 0 Å². The fourth-order valence-electron chi connectivity index (χ4n) is 2.10. The number of allylic oxidation sites excluding steroid dienone is 1. The first-order chi connectivity index (χ1) is 5.33. The van der Waals surface area contributed by atoms with Crippen molar-refractivity contribution in [3.8, 4) is 0 Å². The summed E-state index contributed by atoms with van der Waals surface area (Å²) in [7, 11) is 0. The first kappa shape index (κ1) is 8.79. The third kappa shape index (κ3) is 2.06. The molecule has 0 aromatic carbocycles.